The summed E-state index contributed by atoms with van der Waals surface area (Å²) >= 11 is 0. The molecule has 3 aromatic carbocycles. The van der Waals surface area contributed by atoms with Gasteiger partial charge in [-0.25, -0.2) is 12.8 Å². The number of halogens is 1. The van der Waals surface area contributed by atoms with E-state index in [1.54, 1.807) is 37.4 Å². The second-order valence-electron chi connectivity index (χ2n) is 6.60. The standard InChI is InChI=1S/C21H17FN2O4S/c1-24-18-8-4-5-9-20(18)28-19-11-10-15(12-16(19)21(24)25)23-29(26,27)13-14-6-2-3-7-17(14)22/h2-12,23H,13H2,1H3. The van der Waals surface area contributed by atoms with Crippen molar-refractivity contribution in [3.8, 4) is 11.5 Å². The number of carbonyl (C=O) groups is 1. The van der Waals surface area contributed by atoms with Crippen LogP contribution in [0.15, 0.2) is 66.7 Å². The minimum Gasteiger partial charge on any atom is -0.454 e. The van der Waals surface area contributed by atoms with Gasteiger partial charge in [0, 0.05) is 18.3 Å². The summed E-state index contributed by atoms with van der Waals surface area (Å²) in [4.78, 5) is 14.3. The van der Waals surface area contributed by atoms with Crippen molar-refractivity contribution < 1.29 is 22.3 Å². The molecule has 1 amide bonds. The predicted molar refractivity (Wildman–Crippen MR) is 108 cm³/mol. The smallest absolute Gasteiger partial charge is 0.261 e. The van der Waals surface area contributed by atoms with Crippen LogP contribution in [0, 0.1) is 5.82 Å². The van der Waals surface area contributed by atoms with Crippen LogP contribution >= 0.6 is 0 Å². The van der Waals surface area contributed by atoms with E-state index in [-0.39, 0.29) is 22.7 Å². The number of amides is 1. The van der Waals surface area contributed by atoms with E-state index in [1.807, 2.05) is 0 Å². The Morgan fingerprint density at radius 1 is 1.00 bits per heavy atom. The number of sulfonamides is 1. The van der Waals surface area contributed by atoms with Crippen molar-refractivity contribution in [2.45, 2.75) is 5.75 Å². The summed E-state index contributed by atoms with van der Waals surface area (Å²) in [5.74, 6) is -0.603. The van der Waals surface area contributed by atoms with E-state index < -0.39 is 21.6 Å². The number of carbonyl (C=O) groups excluding carboxylic acids is 1. The van der Waals surface area contributed by atoms with Gasteiger partial charge in [0.1, 0.15) is 11.6 Å². The maximum absolute atomic E-state index is 13.8. The van der Waals surface area contributed by atoms with Crippen LogP contribution < -0.4 is 14.4 Å². The largest absolute Gasteiger partial charge is 0.454 e. The second-order valence-corrected chi connectivity index (χ2v) is 8.32. The first-order valence-corrected chi connectivity index (χ1v) is 10.4. The predicted octanol–water partition coefficient (Wildman–Crippen LogP) is 4.15. The third-order valence-electron chi connectivity index (χ3n) is 4.54. The zero-order valence-electron chi connectivity index (χ0n) is 15.4. The molecule has 29 heavy (non-hydrogen) atoms. The highest BCUT2D eigenvalue weighted by Gasteiger charge is 2.26. The van der Waals surface area contributed by atoms with E-state index in [0.717, 1.165) is 0 Å². The molecular formula is C21H17FN2O4S. The zero-order valence-corrected chi connectivity index (χ0v) is 16.2. The number of hydrogen-bond acceptors (Lipinski definition) is 4. The van der Waals surface area contributed by atoms with Gasteiger partial charge in [-0.1, -0.05) is 30.3 Å². The Morgan fingerprint density at radius 2 is 1.72 bits per heavy atom. The molecule has 8 heteroatoms. The van der Waals surface area contributed by atoms with E-state index >= 15 is 0 Å². The van der Waals surface area contributed by atoms with Gasteiger partial charge in [0.05, 0.1) is 17.0 Å². The van der Waals surface area contributed by atoms with Gasteiger partial charge in [0.25, 0.3) is 5.91 Å². The summed E-state index contributed by atoms with van der Waals surface area (Å²) in [5, 5.41) is 0. The molecule has 3 aromatic rings. The van der Waals surface area contributed by atoms with E-state index in [4.69, 9.17) is 4.74 Å². The van der Waals surface area contributed by atoms with Crippen LogP contribution in [0.25, 0.3) is 0 Å². The van der Waals surface area contributed by atoms with Gasteiger partial charge >= 0.3 is 0 Å². The van der Waals surface area contributed by atoms with Crippen molar-refractivity contribution in [3.63, 3.8) is 0 Å². The van der Waals surface area contributed by atoms with Gasteiger partial charge in [-0.15, -0.1) is 0 Å². The highest BCUT2D eigenvalue weighted by Crippen LogP contribution is 2.39. The maximum atomic E-state index is 13.8. The number of fused-ring (bicyclic) bond motifs is 2. The zero-order chi connectivity index (χ0) is 20.6. The maximum Gasteiger partial charge on any atom is 0.261 e. The number of ether oxygens (including phenoxy) is 1. The van der Waals surface area contributed by atoms with Crippen molar-refractivity contribution in [1.82, 2.24) is 0 Å². The molecule has 1 aliphatic rings. The Hall–Kier alpha value is -3.39. The lowest BCUT2D eigenvalue weighted by Gasteiger charge is -2.16. The molecule has 6 nitrogen and oxygen atoms in total. The van der Waals surface area contributed by atoms with Gasteiger partial charge in [-0.05, 0) is 36.4 Å². The van der Waals surface area contributed by atoms with E-state index in [2.05, 4.69) is 4.72 Å². The molecule has 0 radical (unpaired) electrons. The molecule has 0 aliphatic carbocycles. The fourth-order valence-electron chi connectivity index (χ4n) is 3.11. The topological polar surface area (TPSA) is 75.7 Å². The molecule has 1 aliphatic heterocycles. The van der Waals surface area contributed by atoms with Gasteiger partial charge in [-0.3, -0.25) is 9.52 Å². The molecule has 4 rings (SSSR count). The van der Waals surface area contributed by atoms with Crippen molar-refractivity contribution in [2.75, 3.05) is 16.7 Å². The molecule has 0 fully saturated rings. The quantitative estimate of drug-likeness (QED) is 0.699. The molecule has 1 heterocycles. The molecule has 0 atom stereocenters. The number of hydrogen-bond donors (Lipinski definition) is 1. The molecular weight excluding hydrogens is 395 g/mol. The first-order valence-electron chi connectivity index (χ1n) is 8.77. The van der Waals surface area contributed by atoms with Crippen molar-refractivity contribution in [2.24, 2.45) is 0 Å². The molecule has 0 spiro atoms. The minimum absolute atomic E-state index is 0.0596. The summed E-state index contributed by atoms with van der Waals surface area (Å²) in [5.41, 5.74) is 1.07. The van der Waals surface area contributed by atoms with Crippen LogP contribution in [0.1, 0.15) is 15.9 Å². The highest BCUT2D eigenvalue weighted by atomic mass is 32.2. The monoisotopic (exact) mass is 412 g/mol. The molecule has 0 bridgehead atoms. The van der Waals surface area contributed by atoms with Crippen LogP contribution in [-0.4, -0.2) is 21.4 Å². The first-order chi connectivity index (χ1) is 13.8. The van der Waals surface area contributed by atoms with Gasteiger partial charge < -0.3 is 9.64 Å². The summed E-state index contributed by atoms with van der Waals surface area (Å²) < 4.78 is 47.0. The fourth-order valence-corrected chi connectivity index (χ4v) is 4.32. The lowest BCUT2D eigenvalue weighted by atomic mass is 10.1. The SMILES string of the molecule is CN1C(=O)c2cc(NS(=O)(=O)Cc3ccccc3F)ccc2Oc2ccccc21. The van der Waals surface area contributed by atoms with Crippen LogP contribution in [-0.2, 0) is 15.8 Å². The number of anilines is 2. The summed E-state index contributed by atoms with van der Waals surface area (Å²) in [7, 11) is -2.27. The van der Waals surface area contributed by atoms with E-state index in [9.17, 15) is 17.6 Å². The fraction of sp³-hybridized carbons (Fsp3) is 0.0952. The Balaban J connectivity index is 1.64. The minimum atomic E-state index is -3.89. The third-order valence-corrected chi connectivity index (χ3v) is 5.78. The Labute approximate surface area is 167 Å². The van der Waals surface area contributed by atoms with Crippen molar-refractivity contribution >= 4 is 27.3 Å². The number of nitrogens with one attached hydrogen (secondary N) is 1. The Kier molecular flexibility index (Phi) is 4.71. The average molecular weight is 412 g/mol. The summed E-state index contributed by atoms with van der Waals surface area (Å²) in [6.07, 6.45) is 0. The van der Waals surface area contributed by atoms with Gasteiger partial charge in [-0.2, -0.15) is 0 Å². The third kappa shape index (κ3) is 3.79. The second kappa shape index (κ2) is 7.21. The molecule has 0 saturated carbocycles. The summed E-state index contributed by atoms with van der Waals surface area (Å²) in [6, 6.07) is 17.2. The molecule has 1 N–H and O–H groups in total. The van der Waals surface area contributed by atoms with E-state index in [1.165, 1.54) is 41.3 Å². The molecule has 0 saturated heterocycles. The average Bonchev–Trinajstić information content (AvgIpc) is 2.79. The molecule has 148 valence electrons. The summed E-state index contributed by atoms with van der Waals surface area (Å²) in [6.45, 7) is 0. The van der Waals surface area contributed by atoms with Crippen molar-refractivity contribution in [1.29, 1.82) is 0 Å². The Bertz CT molecular complexity index is 1210. The number of benzene rings is 3. The molecule has 0 aromatic heterocycles. The molecule has 0 unspecified atom stereocenters. The number of rotatable bonds is 4. The van der Waals surface area contributed by atoms with Gasteiger partial charge in [0.2, 0.25) is 10.0 Å². The van der Waals surface area contributed by atoms with Crippen LogP contribution in [0.4, 0.5) is 15.8 Å². The van der Waals surface area contributed by atoms with Crippen LogP contribution in [0.2, 0.25) is 0 Å². The van der Waals surface area contributed by atoms with Gasteiger partial charge in [0.15, 0.2) is 5.75 Å². The van der Waals surface area contributed by atoms with Crippen LogP contribution in [0.3, 0.4) is 0 Å². The lowest BCUT2D eigenvalue weighted by molar-refractivity contribution is 0.0993. The van der Waals surface area contributed by atoms with Crippen LogP contribution in [0.5, 0.6) is 11.5 Å². The normalized spacial score (nSPS) is 13.2. The van der Waals surface area contributed by atoms with E-state index in [0.29, 0.717) is 17.2 Å². The first kappa shape index (κ1) is 18.9. The number of para-hydroxylation sites is 2. The highest BCUT2D eigenvalue weighted by molar-refractivity contribution is 7.91. The Morgan fingerprint density at radius 3 is 2.52 bits per heavy atom. The van der Waals surface area contributed by atoms with Crippen molar-refractivity contribution in [3.05, 3.63) is 83.7 Å². The number of nitrogens with zero attached hydrogens (tertiary/aromatic N) is 1. The lowest BCUT2D eigenvalue weighted by Crippen LogP contribution is -2.25.